The SMILES string of the molecule is NNc1ccc(OCc2ccc(C(F)(F)F)cc2)cn1. The second-order valence-corrected chi connectivity index (χ2v) is 4.01. The standard InChI is InChI=1S/C13H12F3N3O/c14-13(15,16)10-3-1-9(2-4-10)8-20-11-5-6-12(19-17)18-7-11/h1-7H,8,17H2,(H,18,19). The summed E-state index contributed by atoms with van der Waals surface area (Å²) in [5.74, 6) is 6.17. The lowest BCUT2D eigenvalue weighted by molar-refractivity contribution is -0.137. The van der Waals surface area contributed by atoms with Crippen molar-refractivity contribution in [2.24, 2.45) is 5.84 Å². The number of benzene rings is 1. The van der Waals surface area contributed by atoms with Crippen molar-refractivity contribution in [3.8, 4) is 5.75 Å². The van der Waals surface area contributed by atoms with Gasteiger partial charge < -0.3 is 10.2 Å². The first kappa shape index (κ1) is 14.1. The van der Waals surface area contributed by atoms with Crippen LogP contribution in [0.3, 0.4) is 0 Å². The highest BCUT2D eigenvalue weighted by atomic mass is 19.4. The number of anilines is 1. The number of hydrogen-bond acceptors (Lipinski definition) is 4. The lowest BCUT2D eigenvalue weighted by Crippen LogP contribution is -2.08. The maximum Gasteiger partial charge on any atom is 0.416 e. The van der Waals surface area contributed by atoms with Crippen LogP contribution in [0.2, 0.25) is 0 Å². The lowest BCUT2D eigenvalue weighted by atomic mass is 10.1. The Morgan fingerprint density at radius 1 is 1.10 bits per heavy atom. The number of nitrogen functional groups attached to an aromatic ring is 1. The maximum atomic E-state index is 12.4. The van der Waals surface area contributed by atoms with Crippen LogP contribution in [-0.2, 0) is 12.8 Å². The minimum absolute atomic E-state index is 0.162. The molecule has 106 valence electrons. The molecule has 20 heavy (non-hydrogen) atoms. The Bertz CT molecular complexity index is 553. The number of alkyl halides is 3. The number of hydrogen-bond donors (Lipinski definition) is 2. The number of nitrogens with two attached hydrogens (primary N) is 1. The zero-order valence-corrected chi connectivity index (χ0v) is 10.3. The van der Waals surface area contributed by atoms with E-state index in [0.717, 1.165) is 12.1 Å². The van der Waals surface area contributed by atoms with E-state index in [1.165, 1.54) is 18.3 Å². The molecule has 0 unspecified atom stereocenters. The van der Waals surface area contributed by atoms with Crippen LogP contribution in [0.15, 0.2) is 42.6 Å². The molecular formula is C13H12F3N3O. The number of nitrogens with zero attached hydrogens (tertiary/aromatic N) is 1. The zero-order chi connectivity index (χ0) is 14.6. The van der Waals surface area contributed by atoms with E-state index in [0.29, 0.717) is 17.1 Å². The van der Waals surface area contributed by atoms with E-state index < -0.39 is 11.7 Å². The molecule has 0 aliphatic rings. The van der Waals surface area contributed by atoms with Gasteiger partial charge in [0.15, 0.2) is 0 Å². The van der Waals surface area contributed by atoms with Gasteiger partial charge in [0.05, 0.1) is 11.8 Å². The van der Waals surface area contributed by atoms with Crippen molar-refractivity contribution in [1.82, 2.24) is 4.98 Å². The number of halogens is 3. The van der Waals surface area contributed by atoms with E-state index >= 15 is 0 Å². The third-order valence-corrected chi connectivity index (χ3v) is 2.57. The number of ether oxygens (including phenoxy) is 1. The summed E-state index contributed by atoms with van der Waals surface area (Å²) < 4.78 is 42.6. The summed E-state index contributed by atoms with van der Waals surface area (Å²) in [5.41, 5.74) is 2.33. The summed E-state index contributed by atoms with van der Waals surface area (Å²) in [7, 11) is 0. The highest BCUT2D eigenvalue weighted by Crippen LogP contribution is 2.29. The Kier molecular flexibility index (Phi) is 4.09. The smallest absolute Gasteiger partial charge is 0.416 e. The van der Waals surface area contributed by atoms with Gasteiger partial charge in [0.1, 0.15) is 18.2 Å². The van der Waals surface area contributed by atoms with Gasteiger partial charge in [-0.2, -0.15) is 13.2 Å². The first-order chi connectivity index (χ1) is 9.49. The average Bonchev–Trinajstić information content (AvgIpc) is 2.45. The van der Waals surface area contributed by atoms with E-state index in [9.17, 15) is 13.2 Å². The van der Waals surface area contributed by atoms with Crippen molar-refractivity contribution in [3.05, 3.63) is 53.7 Å². The van der Waals surface area contributed by atoms with Gasteiger partial charge in [-0.15, -0.1) is 0 Å². The van der Waals surface area contributed by atoms with Gasteiger partial charge >= 0.3 is 6.18 Å². The van der Waals surface area contributed by atoms with E-state index in [1.807, 2.05) is 0 Å². The molecule has 0 spiro atoms. The van der Waals surface area contributed by atoms with Gasteiger partial charge in [0.25, 0.3) is 0 Å². The predicted molar refractivity (Wildman–Crippen MR) is 67.8 cm³/mol. The molecular weight excluding hydrogens is 271 g/mol. The van der Waals surface area contributed by atoms with Gasteiger partial charge in [0, 0.05) is 0 Å². The molecule has 0 amide bonds. The lowest BCUT2D eigenvalue weighted by Gasteiger charge is -2.09. The highest BCUT2D eigenvalue weighted by Gasteiger charge is 2.29. The predicted octanol–water partition coefficient (Wildman–Crippen LogP) is 2.97. The Balaban J connectivity index is 1.96. The summed E-state index contributed by atoms with van der Waals surface area (Å²) in [6.45, 7) is 0.162. The molecule has 0 saturated carbocycles. The molecule has 0 aliphatic carbocycles. The maximum absolute atomic E-state index is 12.4. The Hall–Kier alpha value is -2.28. The van der Waals surface area contributed by atoms with Crippen molar-refractivity contribution in [3.63, 3.8) is 0 Å². The largest absolute Gasteiger partial charge is 0.487 e. The monoisotopic (exact) mass is 283 g/mol. The van der Waals surface area contributed by atoms with Gasteiger partial charge in [-0.05, 0) is 29.8 Å². The molecule has 0 atom stereocenters. The number of hydrazine groups is 1. The normalized spacial score (nSPS) is 11.2. The van der Waals surface area contributed by atoms with Crippen molar-refractivity contribution in [2.45, 2.75) is 12.8 Å². The summed E-state index contributed by atoms with van der Waals surface area (Å²) in [6.07, 6.45) is -2.85. The Labute approximate surface area is 113 Å². The van der Waals surface area contributed by atoms with E-state index in [1.54, 1.807) is 12.1 Å². The van der Waals surface area contributed by atoms with Crippen LogP contribution in [0.4, 0.5) is 19.0 Å². The molecule has 7 heteroatoms. The van der Waals surface area contributed by atoms with Gasteiger partial charge in [-0.1, -0.05) is 12.1 Å². The first-order valence-electron chi connectivity index (χ1n) is 5.70. The van der Waals surface area contributed by atoms with Gasteiger partial charge in [-0.25, -0.2) is 10.8 Å². The molecule has 0 radical (unpaired) electrons. The summed E-state index contributed by atoms with van der Waals surface area (Å²) in [6, 6.07) is 8.10. The molecule has 1 aromatic carbocycles. The molecule has 2 aromatic rings. The molecule has 2 rings (SSSR count). The van der Waals surface area contributed by atoms with E-state index in [-0.39, 0.29) is 6.61 Å². The highest BCUT2D eigenvalue weighted by molar-refractivity contribution is 5.36. The second kappa shape index (κ2) is 5.79. The summed E-state index contributed by atoms with van der Waals surface area (Å²) in [5, 5.41) is 0. The quantitative estimate of drug-likeness (QED) is 0.669. The van der Waals surface area contributed by atoms with Crippen LogP contribution in [0.1, 0.15) is 11.1 Å². The Morgan fingerprint density at radius 3 is 2.30 bits per heavy atom. The molecule has 0 bridgehead atoms. The van der Waals surface area contributed by atoms with Crippen LogP contribution in [-0.4, -0.2) is 4.98 Å². The van der Waals surface area contributed by atoms with Crippen molar-refractivity contribution in [2.75, 3.05) is 5.43 Å². The minimum atomic E-state index is -4.33. The molecule has 0 aliphatic heterocycles. The number of nitrogens with one attached hydrogen (secondary N) is 1. The fraction of sp³-hybridized carbons (Fsp3) is 0.154. The second-order valence-electron chi connectivity index (χ2n) is 4.01. The van der Waals surface area contributed by atoms with Gasteiger partial charge in [0.2, 0.25) is 0 Å². The van der Waals surface area contributed by atoms with Crippen molar-refractivity contribution < 1.29 is 17.9 Å². The first-order valence-corrected chi connectivity index (χ1v) is 5.70. The summed E-state index contributed by atoms with van der Waals surface area (Å²) >= 11 is 0. The van der Waals surface area contributed by atoms with Crippen LogP contribution >= 0.6 is 0 Å². The van der Waals surface area contributed by atoms with Crippen LogP contribution < -0.4 is 16.0 Å². The molecule has 1 heterocycles. The number of rotatable bonds is 4. The van der Waals surface area contributed by atoms with Crippen molar-refractivity contribution >= 4 is 5.82 Å². The van der Waals surface area contributed by atoms with Crippen molar-refractivity contribution in [1.29, 1.82) is 0 Å². The fourth-order valence-electron chi connectivity index (χ4n) is 1.51. The zero-order valence-electron chi connectivity index (χ0n) is 10.3. The Morgan fingerprint density at radius 2 is 1.80 bits per heavy atom. The van der Waals surface area contributed by atoms with Gasteiger partial charge in [-0.3, -0.25) is 0 Å². The third kappa shape index (κ3) is 3.61. The van der Waals surface area contributed by atoms with E-state index in [4.69, 9.17) is 10.6 Å². The third-order valence-electron chi connectivity index (χ3n) is 2.57. The number of aromatic nitrogens is 1. The number of pyridine rings is 1. The van der Waals surface area contributed by atoms with Crippen LogP contribution in [0.25, 0.3) is 0 Å². The van der Waals surface area contributed by atoms with Crippen LogP contribution in [0, 0.1) is 0 Å². The molecule has 1 aromatic heterocycles. The molecule has 0 fully saturated rings. The fourth-order valence-corrected chi connectivity index (χ4v) is 1.51. The molecule has 4 nitrogen and oxygen atoms in total. The van der Waals surface area contributed by atoms with Crippen LogP contribution in [0.5, 0.6) is 5.75 Å². The average molecular weight is 283 g/mol. The topological polar surface area (TPSA) is 60.2 Å². The summed E-state index contributed by atoms with van der Waals surface area (Å²) in [4.78, 5) is 3.95. The molecule has 0 saturated heterocycles. The molecule has 3 N–H and O–H groups in total. The van der Waals surface area contributed by atoms with E-state index in [2.05, 4.69) is 10.4 Å². The minimum Gasteiger partial charge on any atom is -0.487 e.